The number of benzene rings is 2. The molecule has 2 aromatic rings. The van der Waals surface area contributed by atoms with Gasteiger partial charge < -0.3 is 19.5 Å². The maximum absolute atomic E-state index is 12.3. The molecule has 1 N–H and O–H groups in total. The number of nitrogens with zero attached hydrogens (tertiary/aromatic N) is 1. The number of methoxy groups -OCH3 is 1. The predicted molar refractivity (Wildman–Crippen MR) is 108 cm³/mol. The third-order valence-corrected chi connectivity index (χ3v) is 4.10. The Kier molecular flexibility index (Phi) is 8.31. The number of hydrogen-bond acceptors (Lipinski definition) is 6. The molecule has 7 nitrogen and oxygen atoms in total. The molecule has 0 aliphatic carbocycles. The Balaban J connectivity index is 2.00. The van der Waals surface area contributed by atoms with Gasteiger partial charge in [-0.2, -0.15) is 5.26 Å². The molecule has 0 bridgehead atoms. The minimum atomic E-state index is -0.730. The molecular weight excluding hydrogens is 396 g/mol. The SMILES string of the molecule is CCCCOc1c(Cl)cc(C(=O)OCC(=O)Nc2cccc(C#N)c2)cc1OC. The molecule has 2 rings (SSSR count). The first kappa shape index (κ1) is 22.1. The van der Waals surface area contributed by atoms with Gasteiger partial charge in [0.05, 0.1) is 35.9 Å². The number of nitrogens with one attached hydrogen (secondary N) is 1. The highest BCUT2D eigenvalue weighted by atomic mass is 35.5. The third-order valence-electron chi connectivity index (χ3n) is 3.82. The first-order valence-electron chi connectivity index (χ1n) is 8.96. The van der Waals surface area contributed by atoms with Crippen LogP contribution < -0.4 is 14.8 Å². The Morgan fingerprint density at radius 2 is 2.03 bits per heavy atom. The molecule has 0 radical (unpaired) electrons. The van der Waals surface area contributed by atoms with Gasteiger partial charge in [0.2, 0.25) is 0 Å². The van der Waals surface area contributed by atoms with E-state index in [2.05, 4.69) is 5.32 Å². The number of carbonyl (C=O) groups excluding carboxylic acids is 2. The number of ether oxygens (including phenoxy) is 3. The van der Waals surface area contributed by atoms with Crippen LogP contribution in [0.4, 0.5) is 5.69 Å². The summed E-state index contributed by atoms with van der Waals surface area (Å²) in [6, 6.07) is 11.2. The molecule has 152 valence electrons. The van der Waals surface area contributed by atoms with Crippen molar-refractivity contribution in [3.63, 3.8) is 0 Å². The zero-order valence-corrected chi connectivity index (χ0v) is 16.9. The molecule has 0 heterocycles. The smallest absolute Gasteiger partial charge is 0.338 e. The minimum Gasteiger partial charge on any atom is -0.493 e. The summed E-state index contributed by atoms with van der Waals surface area (Å²) in [5.74, 6) is -0.607. The van der Waals surface area contributed by atoms with Crippen LogP contribution in [0.25, 0.3) is 0 Å². The number of hydrogen-bond donors (Lipinski definition) is 1. The summed E-state index contributed by atoms with van der Waals surface area (Å²) in [4.78, 5) is 24.3. The summed E-state index contributed by atoms with van der Waals surface area (Å²) >= 11 is 6.22. The zero-order valence-electron chi connectivity index (χ0n) is 16.2. The quantitative estimate of drug-likeness (QED) is 0.486. The minimum absolute atomic E-state index is 0.133. The lowest BCUT2D eigenvalue weighted by molar-refractivity contribution is -0.119. The Morgan fingerprint density at radius 1 is 1.24 bits per heavy atom. The number of esters is 1. The highest BCUT2D eigenvalue weighted by Gasteiger charge is 2.18. The average molecular weight is 417 g/mol. The van der Waals surface area contributed by atoms with E-state index in [1.807, 2.05) is 13.0 Å². The van der Waals surface area contributed by atoms with Crippen molar-refractivity contribution in [2.45, 2.75) is 19.8 Å². The van der Waals surface area contributed by atoms with Crippen molar-refractivity contribution in [1.29, 1.82) is 5.26 Å². The Hall–Kier alpha value is -3.24. The Morgan fingerprint density at radius 3 is 2.72 bits per heavy atom. The van der Waals surface area contributed by atoms with Crippen LogP contribution in [0.15, 0.2) is 36.4 Å². The van der Waals surface area contributed by atoms with E-state index >= 15 is 0 Å². The largest absolute Gasteiger partial charge is 0.493 e. The molecule has 0 spiro atoms. The van der Waals surface area contributed by atoms with Gasteiger partial charge in [0.25, 0.3) is 5.91 Å². The van der Waals surface area contributed by atoms with Gasteiger partial charge in [0.15, 0.2) is 18.1 Å². The molecule has 0 fully saturated rings. The van der Waals surface area contributed by atoms with Crippen molar-refractivity contribution >= 4 is 29.2 Å². The topological polar surface area (TPSA) is 97.6 Å². The van der Waals surface area contributed by atoms with Crippen LogP contribution in [0.1, 0.15) is 35.7 Å². The second kappa shape index (κ2) is 10.9. The zero-order chi connectivity index (χ0) is 21.2. The van der Waals surface area contributed by atoms with E-state index in [4.69, 9.17) is 31.1 Å². The van der Waals surface area contributed by atoms with Crippen LogP contribution >= 0.6 is 11.6 Å². The van der Waals surface area contributed by atoms with E-state index in [0.717, 1.165) is 12.8 Å². The van der Waals surface area contributed by atoms with Gasteiger partial charge in [-0.3, -0.25) is 4.79 Å². The summed E-state index contributed by atoms with van der Waals surface area (Å²) < 4.78 is 15.9. The summed E-state index contributed by atoms with van der Waals surface area (Å²) in [6.45, 7) is 2.02. The molecular formula is C21H21ClN2O5. The number of nitriles is 1. The van der Waals surface area contributed by atoms with Crippen molar-refractivity contribution in [2.24, 2.45) is 0 Å². The normalized spacial score (nSPS) is 10.0. The second-order valence-corrected chi connectivity index (χ2v) is 6.42. The molecule has 0 saturated carbocycles. The second-order valence-electron chi connectivity index (χ2n) is 6.01. The summed E-state index contributed by atoms with van der Waals surface area (Å²) in [5.41, 5.74) is 0.972. The number of anilines is 1. The lowest BCUT2D eigenvalue weighted by atomic mass is 10.2. The number of carbonyl (C=O) groups is 2. The summed E-state index contributed by atoms with van der Waals surface area (Å²) in [5, 5.41) is 11.7. The van der Waals surface area contributed by atoms with E-state index in [9.17, 15) is 9.59 Å². The van der Waals surface area contributed by atoms with Crippen molar-refractivity contribution in [1.82, 2.24) is 0 Å². The highest BCUT2D eigenvalue weighted by Crippen LogP contribution is 2.36. The molecule has 0 atom stereocenters. The Labute approximate surface area is 174 Å². The number of rotatable bonds is 9. The molecule has 29 heavy (non-hydrogen) atoms. The maximum Gasteiger partial charge on any atom is 0.338 e. The van der Waals surface area contributed by atoms with Gasteiger partial charge in [-0.05, 0) is 36.8 Å². The molecule has 0 unspecified atom stereocenters. The first-order valence-corrected chi connectivity index (χ1v) is 9.33. The monoisotopic (exact) mass is 416 g/mol. The molecule has 0 aliphatic heterocycles. The maximum atomic E-state index is 12.3. The molecule has 0 aromatic heterocycles. The number of halogens is 1. The molecule has 1 amide bonds. The predicted octanol–water partition coefficient (Wildman–Crippen LogP) is 4.19. The van der Waals surface area contributed by atoms with Gasteiger partial charge in [-0.15, -0.1) is 0 Å². The van der Waals surface area contributed by atoms with Crippen LogP contribution in [0.5, 0.6) is 11.5 Å². The van der Waals surface area contributed by atoms with E-state index < -0.39 is 18.5 Å². The van der Waals surface area contributed by atoms with Gasteiger partial charge in [-0.25, -0.2) is 4.79 Å². The van der Waals surface area contributed by atoms with Gasteiger partial charge in [-0.1, -0.05) is 31.0 Å². The van der Waals surface area contributed by atoms with Crippen LogP contribution in [0, 0.1) is 11.3 Å². The Bertz CT molecular complexity index is 924. The first-order chi connectivity index (χ1) is 14.0. The van der Waals surface area contributed by atoms with E-state index in [1.165, 1.54) is 25.3 Å². The average Bonchev–Trinajstić information content (AvgIpc) is 2.73. The van der Waals surface area contributed by atoms with E-state index in [1.54, 1.807) is 18.2 Å². The van der Waals surface area contributed by atoms with Crippen LogP contribution in [0.2, 0.25) is 5.02 Å². The van der Waals surface area contributed by atoms with Crippen LogP contribution in [-0.4, -0.2) is 32.2 Å². The van der Waals surface area contributed by atoms with Gasteiger partial charge in [0, 0.05) is 5.69 Å². The summed E-state index contributed by atoms with van der Waals surface area (Å²) in [7, 11) is 1.44. The fourth-order valence-electron chi connectivity index (χ4n) is 2.37. The lowest BCUT2D eigenvalue weighted by Gasteiger charge is -2.14. The van der Waals surface area contributed by atoms with Gasteiger partial charge >= 0.3 is 5.97 Å². The molecule has 2 aromatic carbocycles. The van der Waals surface area contributed by atoms with Crippen LogP contribution in [0.3, 0.4) is 0 Å². The van der Waals surface area contributed by atoms with Gasteiger partial charge in [0.1, 0.15) is 0 Å². The standard InChI is InChI=1S/C21H21ClN2O5/c1-3-4-8-28-20-17(22)10-15(11-18(20)27-2)21(26)29-13-19(25)24-16-7-5-6-14(9-16)12-23/h5-7,9-11H,3-4,8,13H2,1-2H3,(H,24,25). The van der Waals surface area contributed by atoms with Crippen molar-refractivity contribution < 1.29 is 23.8 Å². The number of unbranched alkanes of at least 4 members (excludes halogenated alkanes) is 1. The fraction of sp³-hybridized carbons (Fsp3) is 0.286. The molecule has 0 aliphatic rings. The third kappa shape index (κ3) is 6.40. The van der Waals surface area contributed by atoms with Crippen molar-refractivity contribution in [3.05, 3.63) is 52.5 Å². The van der Waals surface area contributed by atoms with Crippen molar-refractivity contribution in [2.75, 3.05) is 25.6 Å². The molecule has 8 heteroatoms. The molecule has 0 saturated heterocycles. The van der Waals surface area contributed by atoms with Crippen LogP contribution in [-0.2, 0) is 9.53 Å². The fourth-order valence-corrected chi connectivity index (χ4v) is 2.64. The van der Waals surface area contributed by atoms with E-state index in [0.29, 0.717) is 29.4 Å². The van der Waals surface area contributed by atoms with E-state index in [-0.39, 0.29) is 10.6 Å². The summed E-state index contributed by atoms with van der Waals surface area (Å²) in [6.07, 6.45) is 1.82. The van der Waals surface area contributed by atoms with Crippen molar-refractivity contribution in [3.8, 4) is 17.6 Å². The number of amides is 1. The lowest BCUT2D eigenvalue weighted by Crippen LogP contribution is -2.21. The highest BCUT2D eigenvalue weighted by molar-refractivity contribution is 6.32.